The summed E-state index contributed by atoms with van der Waals surface area (Å²) >= 11 is 0. The Morgan fingerprint density at radius 3 is 2.06 bits per heavy atom. The van der Waals surface area contributed by atoms with Crippen molar-refractivity contribution in [2.75, 3.05) is 7.11 Å². The van der Waals surface area contributed by atoms with Gasteiger partial charge in [0.05, 0.1) is 12.8 Å². The van der Waals surface area contributed by atoms with Crippen molar-refractivity contribution in [2.45, 2.75) is 20.4 Å². The number of aryl methyl sites for hydroxylation is 2. The fraction of sp³-hybridized carbons (Fsp3) is 0.143. The molecular formula is C28H24N2O4. The molecule has 0 amide bonds. The third kappa shape index (κ3) is 4.43. The van der Waals surface area contributed by atoms with E-state index in [4.69, 9.17) is 4.74 Å². The van der Waals surface area contributed by atoms with Crippen LogP contribution in [-0.2, 0) is 11.3 Å². The van der Waals surface area contributed by atoms with Crippen molar-refractivity contribution in [3.63, 3.8) is 0 Å². The number of Topliss-reactive ketones (excluding diaryl/α,β-unsaturated/α-hetero) is 1. The van der Waals surface area contributed by atoms with Crippen LogP contribution in [0.15, 0.2) is 83.7 Å². The molecule has 0 unspecified atom stereocenters. The molecule has 0 bridgehead atoms. The summed E-state index contributed by atoms with van der Waals surface area (Å²) in [6.45, 7) is 3.58. The second kappa shape index (κ2) is 9.67. The van der Waals surface area contributed by atoms with Crippen molar-refractivity contribution >= 4 is 11.8 Å². The van der Waals surface area contributed by atoms with Crippen LogP contribution in [0.3, 0.4) is 0 Å². The topological polar surface area (TPSA) is 78.3 Å². The van der Waals surface area contributed by atoms with E-state index in [1.165, 1.54) is 7.11 Å². The predicted molar refractivity (Wildman–Crippen MR) is 131 cm³/mol. The molecule has 6 heteroatoms. The molecule has 3 aromatic carbocycles. The first-order valence-corrected chi connectivity index (χ1v) is 10.9. The van der Waals surface area contributed by atoms with Crippen LogP contribution in [0.2, 0.25) is 0 Å². The lowest BCUT2D eigenvalue weighted by atomic mass is 9.95. The molecule has 0 spiro atoms. The van der Waals surface area contributed by atoms with Crippen molar-refractivity contribution in [1.29, 1.82) is 0 Å². The van der Waals surface area contributed by atoms with E-state index in [2.05, 4.69) is 5.10 Å². The number of ketones is 1. The Morgan fingerprint density at radius 2 is 1.47 bits per heavy atom. The van der Waals surface area contributed by atoms with E-state index in [1.807, 2.05) is 68.4 Å². The molecule has 170 valence electrons. The number of nitrogens with zero attached hydrogens (tertiary/aromatic N) is 2. The largest absolute Gasteiger partial charge is 0.465 e. The number of esters is 1. The van der Waals surface area contributed by atoms with Gasteiger partial charge in [0, 0.05) is 16.7 Å². The zero-order chi connectivity index (χ0) is 24.2. The summed E-state index contributed by atoms with van der Waals surface area (Å²) < 4.78 is 6.03. The highest BCUT2D eigenvalue weighted by molar-refractivity contribution is 6.01. The Kier molecular flexibility index (Phi) is 6.50. The van der Waals surface area contributed by atoms with Gasteiger partial charge in [-0.1, -0.05) is 72.8 Å². The Morgan fingerprint density at radius 1 is 0.853 bits per heavy atom. The normalized spacial score (nSPS) is 10.7. The van der Waals surface area contributed by atoms with Crippen molar-refractivity contribution in [1.82, 2.24) is 9.78 Å². The quantitative estimate of drug-likeness (QED) is 0.308. The van der Waals surface area contributed by atoms with E-state index < -0.39 is 11.5 Å². The van der Waals surface area contributed by atoms with Crippen LogP contribution < -0.4 is 5.56 Å². The molecule has 0 aliphatic carbocycles. The van der Waals surface area contributed by atoms with E-state index in [9.17, 15) is 14.4 Å². The standard InChI is InChI=1S/C28H24N2O4/c1-18-14-15-22(16-19(18)2)23(31)17-30-27(32)25(28(33)34-3)24(20-10-6-4-7-11-20)26(29-30)21-12-8-5-9-13-21/h4-16H,17H2,1-3H3. The van der Waals surface area contributed by atoms with Crippen molar-refractivity contribution in [2.24, 2.45) is 0 Å². The summed E-state index contributed by atoms with van der Waals surface area (Å²) in [5.74, 6) is -1.06. The van der Waals surface area contributed by atoms with Crippen molar-refractivity contribution in [3.05, 3.63) is 111 Å². The molecule has 0 aliphatic rings. The minimum Gasteiger partial charge on any atom is -0.465 e. The van der Waals surface area contributed by atoms with E-state index in [0.717, 1.165) is 15.8 Å². The lowest BCUT2D eigenvalue weighted by Crippen LogP contribution is -2.33. The first-order chi connectivity index (χ1) is 16.4. The monoisotopic (exact) mass is 452 g/mol. The molecule has 0 saturated heterocycles. The Balaban J connectivity index is 1.95. The maximum atomic E-state index is 13.5. The van der Waals surface area contributed by atoms with E-state index >= 15 is 0 Å². The van der Waals surface area contributed by atoms with Crippen LogP contribution in [-0.4, -0.2) is 28.6 Å². The van der Waals surface area contributed by atoms with E-state index in [1.54, 1.807) is 24.3 Å². The third-order valence-electron chi connectivity index (χ3n) is 5.78. The molecular weight excluding hydrogens is 428 g/mol. The number of benzene rings is 3. The van der Waals surface area contributed by atoms with Gasteiger partial charge in [-0.3, -0.25) is 9.59 Å². The van der Waals surface area contributed by atoms with Crippen molar-refractivity contribution in [3.8, 4) is 22.4 Å². The minimum atomic E-state index is -0.782. The van der Waals surface area contributed by atoms with Gasteiger partial charge < -0.3 is 4.74 Å². The first kappa shape index (κ1) is 22.9. The molecule has 0 fully saturated rings. The highest BCUT2D eigenvalue weighted by Gasteiger charge is 2.26. The van der Waals surface area contributed by atoms with Gasteiger partial charge in [-0.05, 0) is 36.6 Å². The molecule has 6 nitrogen and oxygen atoms in total. The Labute approximate surface area is 197 Å². The average molecular weight is 453 g/mol. The van der Waals surface area contributed by atoms with Gasteiger partial charge in [0.25, 0.3) is 5.56 Å². The highest BCUT2D eigenvalue weighted by Crippen LogP contribution is 2.32. The number of hydrogen-bond donors (Lipinski definition) is 0. The van der Waals surface area contributed by atoms with Gasteiger partial charge in [-0.15, -0.1) is 0 Å². The van der Waals surface area contributed by atoms with Crippen LogP contribution in [0, 0.1) is 13.8 Å². The Hall–Kier alpha value is -4.32. The fourth-order valence-corrected chi connectivity index (χ4v) is 3.80. The molecule has 0 saturated carbocycles. The lowest BCUT2D eigenvalue weighted by Gasteiger charge is -2.16. The third-order valence-corrected chi connectivity index (χ3v) is 5.78. The van der Waals surface area contributed by atoms with Crippen LogP contribution in [0.5, 0.6) is 0 Å². The highest BCUT2D eigenvalue weighted by atomic mass is 16.5. The summed E-state index contributed by atoms with van der Waals surface area (Å²) in [7, 11) is 1.23. The zero-order valence-corrected chi connectivity index (χ0v) is 19.2. The summed E-state index contributed by atoms with van der Waals surface area (Å²) in [5.41, 5.74) is 3.84. The lowest BCUT2D eigenvalue weighted by molar-refractivity contribution is 0.0597. The zero-order valence-electron chi connectivity index (χ0n) is 19.2. The summed E-state index contributed by atoms with van der Waals surface area (Å²) in [5, 5.41) is 4.58. The number of carbonyl (C=O) groups excluding carboxylic acids is 2. The van der Waals surface area contributed by atoms with E-state index in [0.29, 0.717) is 27.9 Å². The molecule has 0 radical (unpaired) electrons. The van der Waals surface area contributed by atoms with Crippen LogP contribution in [0.1, 0.15) is 31.8 Å². The summed E-state index contributed by atoms with van der Waals surface area (Å²) in [6, 6.07) is 23.7. The van der Waals surface area contributed by atoms with Gasteiger partial charge in [0.15, 0.2) is 5.78 Å². The van der Waals surface area contributed by atoms with Crippen molar-refractivity contribution < 1.29 is 14.3 Å². The number of aromatic nitrogens is 2. The summed E-state index contributed by atoms with van der Waals surface area (Å²) in [4.78, 5) is 39.4. The molecule has 0 aliphatic heterocycles. The maximum Gasteiger partial charge on any atom is 0.344 e. The van der Waals surface area contributed by atoms with Crippen LogP contribution in [0.25, 0.3) is 22.4 Å². The average Bonchev–Trinajstić information content (AvgIpc) is 2.87. The minimum absolute atomic E-state index is 0.157. The molecule has 4 aromatic rings. The van der Waals surface area contributed by atoms with E-state index in [-0.39, 0.29) is 17.9 Å². The maximum absolute atomic E-state index is 13.5. The number of methoxy groups -OCH3 is 1. The fourth-order valence-electron chi connectivity index (χ4n) is 3.80. The van der Waals surface area contributed by atoms with Crippen LogP contribution >= 0.6 is 0 Å². The number of ether oxygens (including phenoxy) is 1. The van der Waals surface area contributed by atoms with Gasteiger partial charge in [0.2, 0.25) is 0 Å². The number of hydrogen-bond acceptors (Lipinski definition) is 5. The second-order valence-electron chi connectivity index (χ2n) is 8.01. The molecule has 0 N–H and O–H groups in total. The smallest absolute Gasteiger partial charge is 0.344 e. The molecule has 1 aromatic heterocycles. The van der Waals surface area contributed by atoms with Crippen LogP contribution in [0.4, 0.5) is 0 Å². The number of carbonyl (C=O) groups is 2. The van der Waals surface area contributed by atoms with Gasteiger partial charge in [0.1, 0.15) is 12.1 Å². The Bertz CT molecular complexity index is 1420. The molecule has 0 atom stereocenters. The molecule has 34 heavy (non-hydrogen) atoms. The molecule has 4 rings (SSSR count). The molecule has 1 heterocycles. The summed E-state index contributed by atoms with van der Waals surface area (Å²) in [6.07, 6.45) is 0. The first-order valence-electron chi connectivity index (χ1n) is 10.9. The second-order valence-corrected chi connectivity index (χ2v) is 8.01. The van der Waals surface area contributed by atoms with Gasteiger partial charge in [-0.2, -0.15) is 5.10 Å². The number of rotatable bonds is 6. The van der Waals surface area contributed by atoms with Gasteiger partial charge >= 0.3 is 5.97 Å². The SMILES string of the molecule is COC(=O)c1c(-c2ccccc2)c(-c2ccccc2)nn(CC(=O)c2ccc(C)c(C)c2)c1=O. The predicted octanol–water partition coefficient (Wildman–Crippen LogP) is 4.86. The van der Waals surface area contributed by atoms with Gasteiger partial charge in [-0.25, -0.2) is 9.48 Å².